The molecule has 3 aromatic carbocycles. The van der Waals surface area contributed by atoms with E-state index in [1.807, 2.05) is 83.4 Å². The Hall–Kier alpha value is -3.46. The Bertz CT molecular complexity index is 1690. The third-order valence-corrected chi connectivity index (χ3v) is 7.58. The van der Waals surface area contributed by atoms with Gasteiger partial charge >= 0.3 is 0 Å². The van der Waals surface area contributed by atoms with Gasteiger partial charge in [-0.3, -0.25) is 13.8 Å². The van der Waals surface area contributed by atoms with Crippen LogP contribution in [0, 0.1) is 0 Å². The quantitative estimate of drug-likeness (QED) is 0.267. The zero-order chi connectivity index (χ0) is 23.1. The second-order valence-corrected chi connectivity index (χ2v) is 9.93. The molecule has 166 valence electrons. The largest absolute Gasteiger partial charge is 0.270 e. The molecule has 3 heterocycles. The highest BCUT2D eigenvalue weighted by Gasteiger charge is 2.17. The fourth-order valence-electron chi connectivity index (χ4n) is 3.79. The van der Waals surface area contributed by atoms with Gasteiger partial charge in [-0.25, -0.2) is 4.98 Å². The molecule has 0 atom stereocenters. The van der Waals surface area contributed by atoms with Crippen molar-refractivity contribution in [2.24, 2.45) is 0 Å². The molecule has 0 fully saturated rings. The summed E-state index contributed by atoms with van der Waals surface area (Å²) in [5.74, 6) is 1.21. The average molecular weight is 502 g/mol. The van der Waals surface area contributed by atoms with E-state index in [-0.39, 0.29) is 5.56 Å². The van der Waals surface area contributed by atoms with E-state index in [4.69, 9.17) is 16.6 Å². The summed E-state index contributed by atoms with van der Waals surface area (Å²) < 4.78 is 4.71. The van der Waals surface area contributed by atoms with Crippen molar-refractivity contribution >= 4 is 49.9 Å². The van der Waals surface area contributed by atoms with Gasteiger partial charge in [0.25, 0.3) is 5.56 Å². The van der Waals surface area contributed by atoms with Crippen LogP contribution in [0.15, 0.2) is 94.9 Å². The van der Waals surface area contributed by atoms with E-state index in [0.717, 1.165) is 32.4 Å². The minimum atomic E-state index is -0.0792. The summed E-state index contributed by atoms with van der Waals surface area (Å²) in [7, 11) is 0. The SMILES string of the molecule is O=c1cc(CSc2nnc(-c3ccc(Cl)cc3)n2-c2ccccc2)nc2sc3ccccc3n12. The predicted molar refractivity (Wildman–Crippen MR) is 138 cm³/mol. The second kappa shape index (κ2) is 8.72. The van der Waals surface area contributed by atoms with Crippen molar-refractivity contribution < 1.29 is 0 Å². The smallest absolute Gasteiger partial charge is 0.259 e. The molecule has 0 amide bonds. The van der Waals surface area contributed by atoms with Crippen LogP contribution in [-0.4, -0.2) is 24.1 Å². The van der Waals surface area contributed by atoms with Crippen LogP contribution < -0.4 is 5.56 Å². The molecule has 0 N–H and O–H groups in total. The van der Waals surface area contributed by atoms with Crippen molar-refractivity contribution in [1.82, 2.24) is 24.1 Å². The minimum absolute atomic E-state index is 0.0792. The van der Waals surface area contributed by atoms with Gasteiger partial charge in [0.1, 0.15) is 0 Å². The van der Waals surface area contributed by atoms with Gasteiger partial charge in [-0.2, -0.15) is 0 Å². The number of hydrogen-bond acceptors (Lipinski definition) is 6. The highest BCUT2D eigenvalue weighted by molar-refractivity contribution is 7.98. The molecule has 0 aliphatic rings. The van der Waals surface area contributed by atoms with Crippen molar-refractivity contribution in [3.8, 4) is 17.1 Å². The molecular weight excluding hydrogens is 486 g/mol. The van der Waals surface area contributed by atoms with E-state index in [2.05, 4.69) is 10.2 Å². The molecule has 6 aromatic rings. The number of thioether (sulfide) groups is 1. The van der Waals surface area contributed by atoms with E-state index >= 15 is 0 Å². The first-order valence-electron chi connectivity index (χ1n) is 10.5. The van der Waals surface area contributed by atoms with Gasteiger partial charge in [-0.05, 0) is 48.5 Å². The summed E-state index contributed by atoms with van der Waals surface area (Å²) in [4.78, 5) is 18.3. The zero-order valence-corrected chi connectivity index (χ0v) is 20.0. The van der Waals surface area contributed by atoms with Gasteiger partial charge in [0, 0.05) is 28.1 Å². The standard InChI is InChI=1S/C25H16ClN5OS2/c26-17-12-10-16(11-13-17)23-28-29-25(30(23)19-6-2-1-3-7-19)33-15-18-14-22(32)31-20-8-4-5-9-21(20)34-24(31)27-18/h1-14H,15H2. The number of halogens is 1. The molecule has 6 rings (SSSR count). The normalized spacial score (nSPS) is 11.4. The number of nitrogens with zero attached hydrogens (tertiary/aromatic N) is 5. The van der Waals surface area contributed by atoms with Gasteiger partial charge in [-0.15, -0.1) is 10.2 Å². The lowest BCUT2D eigenvalue weighted by Gasteiger charge is -2.10. The molecule has 0 aliphatic carbocycles. The first kappa shape index (κ1) is 21.1. The Kier molecular flexibility index (Phi) is 5.41. The first-order chi connectivity index (χ1) is 16.7. The summed E-state index contributed by atoms with van der Waals surface area (Å²) in [6.45, 7) is 0. The molecule has 0 aliphatic heterocycles. The molecule has 0 bridgehead atoms. The van der Waals surface area contributed by atoms with Crippen molar-refractivity contribution in [2.45, 2.75) is 10.9 Å². The van der Waals surface area contributed by atoms with Gasteiger partial charge in [-0.1, -0.05) is 65.0 Å². The van der Waals surface area contributed by atoms with E-state index < -0.39 is 0 Å². The number of rotatable bonds is 5. The lowest BCUT2D eigenvalue weighted by atomic mass is 10.2. The van der Waals surface area contributed by atoms with E-state index in [1.165, 1.54) is 23.1 Å². The Morgan fingerprint density at radius 3 is 2.50 bits per heavy atom. The fourth-order valence-corrected chi connectivity index (χ4v) is 5.81. The summed E-state index contributed by atoms with van der Waals surface area (Å²) in [6.07, 6.45) is 0. The van der Waals surface area contributed by atoms with Crippen LogP contribution in [0.5, 0.6) is 0 Å². The molecule has 9 heteroatoms. The van der Waals surface area contributed by atoms with Crippen LogP contribution >= 0.6 is 34.7 Å². The van der Waals surface area contributed by atoms with Crippen LogP contribution in [0.1, 0.15) is 5.69 Å². The zero-order valence-electron chi connectivity index (χ0n) is 17.6. The van der Waals surface area contributed by atoms with E-state index in [9.17, 15) is 4.79 Å². The Morgan fingerprint density at radius 1 is 0.912 bits per heavy atom. The summed E-state index contributed by atoms with van der Waals surface area (Å²) in [5.41, 5.74) is 3.38. The number of hydrogen-bond donors (Lipinski definition) is 0. The second-order valence-electron chi connectivity index (χ2n) is 7.55. The maximum absolute atomic E-state index is 12.9. The molecule has 0 spiro atoms. The van der Waals surface area contributed by atoms with Crippen molar-refractivity contribution in [3.63, 3.8) is 0 Å². The third-order valence-electron chi connectivity index (χ3n) is 5.35. The molecule has 34 heavy (non-hydrogen) atoms. The van der Waals surface area contributed by atoms with Crippen LogP contribution in [0.2, 0.25) is 5.02 Å². The first-order valence-corrected chi connectivity index (χ1v) is 12.7. The van der Waals surface area contributed by atoms with Gasteiger partial charge in [0.15, 0.2) is 15.9 Å². The van der Waals surface area contributed by atoms with E-state index in [0.29, 0.717) is 21.4 Å². The summed E-state index contributed by atoms with van der Waals surface area (Å²) >= 11 is 9.09. The average Bonchev–Trinajstić information content (AvgIpc) is 3.45. The number of fused-ring (bicyclic) bond motifs is 3. The van der Waals surface area contributed by atoms with Crippen LogP contribution in [0.25, 0.3) is 32.3 Å². The summed E-state index contributed by atoms with van der Waals surface area (Å²) in [5, 5.41) is 10.3. The van der Waals surface area contributed by atoms with Crippen LogP contribution in [0.4, 0.5) is 0 Å². The Labute approximate surface area is 207 Å². The molecule has 0 saturated heterocycles. The number of thiazole rings is 1. The van der Waals surface area contributed by atoms with Crippen LogP contribution in [-0.2, 0) is 5.75 Å². The van der Waals surface area contributed by atoms with E-state index in [1.54, 1.807) is 10.5 Å². The predicted octanol–water partition coefficient (Wildman–Crippen LogP) is 6.10. The molecular formula is C25H16ClN5OS2. The molecule has 6 nitrogen and oxygen atoms in total. The Balaban J connectivity index is 1.38. The lowest BCUT2D eigenvalue weighted by Crippen LogP contribution is -2.13. The minimum Gasteiger partial charge on any atom is -0.270 e. The summed E-state index contributed by atoms with van der Waals surface area (Å²) in [6, 6.07) is 26.9. The number of aromatic nitrogens is 5. The lowest BCUT2D eigenvalue weighted by molar-refractivity contribution is 0.885. The monoisotopic (exact) mass is 501 g/mol. The maximum atomic E-state index is 12.9. The molecule has 0 unspecified atom stereocenters. The van der Waals surface area contributed by atoms with Crippen molar-refractivity contribution in [1.29, 1.82) is 0 Å². The number of benzene rings is 3. The molecule has 0 saturated carbocycles. The van der Waals surface area contributed by atoms with Gasteiger partial charge < -0.3 is 0 Å². The topological polar surface area (TPSA) is 65.1 Å². The fraction of sp³-hybridized carbons (Fsp3) is 0.0400. The van der Waals surface area contributed by atoms with Crippen molar-refractivity contribution in [2.75, 3.05) is 0 Å². The number of para-hydroxylation sites is 2. The van der Waals surface area contributed by atoms with Gasteiger partial charge in [0.2, 0.25) is 0 Å². The molecule has 3 aromatic heterocycles. The Morgan fingerprint density at radius 2 is 1.68 bits per heavy atom. The van der Waals surface area contributed by atoms with Gasteiger partial charge in [0.05, 0.1) is 15.9 Å². The molecule has 0 radical (unpaired) electrons. The maximum Gasteiger partial charge on any atom is 0.259 e. The van der Waals surface area contributed by atoms with Crippen LogP contribution in [0.3, 0.4) is 0 Å². The highest BCUT2D eigenvalue weighted by Crippen LogP contribution is 2.30. The third kappa shape index (κ3) is 3.79. The highest BCUT2D eigenvalue weighted by atomic mass is 35.5. The van der Waals surface area contributed by atoms with Crippen molar-refractivity contribution in [3.05, 3.63) is 106 Å².